The number of fused-ring (bicyclic) bond motifs is 3. The number of ketones is 1. The van der Waals surface area contributed by atoms with Crippen LogP contribution in [0.3, 0.4) is 0 Å². The maximum atomic E-state index is 13.6. The number of allylic oxidation sites excluding steroid dienone is 1. The number of carbonyl (C=O) groups excluding carboxylic acids is 4. The van der Waals surface area contributed by atoms with Gasteiger partial charge >= 0.3 is 17.9 Å². The third-order valence-electron chi connectivity index (χ3n) is 10.5. The Hall–Kier alpha value is -2.26. The number of hydrogen-bond acceptors (Lipinski definition) is 8. The van der Waals surface area contributed by atoms with Gasteiger partial charge in [0.05, 0.1) is 6.10 Å². The molecule has 0 spiro atoms. The fourth-order valence-corrected chi connectivity index (χ4v) is 10.9. The lowest BCUT2D eigenvalue weighted by atomic mass is 9.49. The van der Waals surface area contributed by atoms with E-state index in [0.717, 1.165) is 23.7 Å². The highest BCUT2D eigenvalue weighted by Gasteiger charge is 2.64. The molecule has 0 aliphatic heterocycles. The third-order valence-corrected chi connectivity index (χ3v) is 15.1. The molecule has 3 rings (SSSR count). The molecule has 0 radical (unpaired) electrons. The molecule has 0 amide bonds. The average Bonchev–Trinajstić information content (AvgIpc) is 2.87. The van der Waals surface area contributed by atoms with E-state index in [1.165, 1.54) is 20.8 Å². The fourth-order valence-electron chi connectivity index (χ4n) is 8.04. The zero-order chi connectivity index (χ0) is 31.1. The van der Waals surface area contributed by atoms with Crippen molar-refractivity contribution in [1.82, 2.24) is 0 Å². The summed E-state index contributed by atoms with van der Waals surface area (Å²) in [6.45, 7) is 22.9. The molecule has 0 aromatic heterocycles. The Morgan fingerprint density at radius 2 is 1.46 bits per heavy atom. The lowest BCUT2D eigenvalue weighted by molar-refractivity contribution is -0.201. The van der Waals surface area contributed by atoms with E-state index in [2.05, 4.69) is 27.4 Å². The third kappa shape index (κ3) is 5.98. The van der Waals surface area contributed by atoms with Gasteiger partial charge in [0.1, 0.15) is 12.2 Å². The van der Waals surface area contributed by atoms with Gasteiger partial charge < -0.3 is 18.6 Å². The standard InChI is InChI=1S/C32H50O8Si/c1-12-41(13-2,14-3)40-25-15-16-32(11)27(19(25)5)28(37-20(6)33)23-17-24(36)18(4)26(31(23,9)10)29(38-21(7)34)30(32)39-22(8)35/h23,25,27-30H,5,12-17H2,1-4,6-11H3/t23-,25-,27-,28+,29+,30-,32+/m0/s1. The number of carbonyl (C=O) groups is 4. The second-order valence-electron chi connectivity index (χ2n) is 13.1. The molecule has 3 aliphatic rings. The summed E-state index contributed by atoms with van der Waals surface area (Å²) >= 11 is 0. The van der Waals surface area contributed by atoms with Crippen molar-refractivity contribution in [2.24, 2.45) is 22.7 Å². The average molecular weight is 591 g/mol. The number of hydrogen-bond donors (Lipinski definition) is 0. The highest BCUT2D eigenvalue weighted by Crippen LogP contribution is 2.60. The van der Waals surface area contributed by atoms with Gasteiger partial charge in [-0.25, -0.2) is 0 Å². The second kappa shape index (κ2) is 12.2. The Labute approximate surface area is 246 Å². The summed E-state index contributed by atoms with van der Waals surface area (Å²) in [6.07, 6.45) is -1.53. The molecular formula is C32H50O8Si. The normalized spacial score (nSPS) is 33.3. The number of Topliss-reactive ketones (excluding diaryl/α,β-unsaturated/α-hetero) is 1. The first-order chi connectivity index (χ1) is 19.0. The van der Waals surface area contributed by atoms with E-state index in [9.17, 15) is 19.2 Å². The van der Waals surface area contributed by atoms with Crippen LogP contribution in [0.25, 0.3) is 0 Å². The molecule has 2 bridgehead atoms. The van der Waals surface area contributed by atoms with Gasteiger partial charge in [0, 0.05) is 44.4 Å². The zero-order valence-electron chi connectivity index (χ0n) is 26.7. The van der Waals surface area contributed by atoms with E-state index < -0.39 is 67.2 Å². The monoisotopic (exact) mass is 590 g/mol. The van der Waals surface area contributed by atoms with Crippen molar-refractivity contribution in [2.45, 2.75) is 131 Å². The van der Waals surface area contributed by atoms with E-state index in [4.69, 9.17) is 18.6 Å². The van der Waals surface area contributed by atoms with Crippen LogP contribution in [0.1, 0.15) is 88.5 Å². The molecule has 230 valence electrons. The number of esters is 3. The highest BCUT2D eigenvalue weighted by atomic mass is 28.4. The molecule has 0 heterocycles. The molecule has 3 aliphatic carbocycles. The Bertz CT molecular complexity index is 1110. The number of ether oxygens (including phenoxy) is 3. The Morgan fingerprint density at radius 1 is 0.927 bits per heavy atom. The molecule has 0 N–H and O–H groups in total. The minimum Gasteiger partial charge on any atom is -0.462 e. The van der Waals surface area contributed by atoms with Gasteiger partial charge in [0.15, 0.2) is 20.2 Å². The van der Waals surface area contributed by atoms with E-state index in [-0.39, 0.29) is 18.3 Å². The summed E-state index contributed by atoms with van der Waals surface area (Å²) in [4.78, 5) is 51.5. The van der Waals surface area contributed by atoms with Crippen LogP contribution < -0.4 is 0 Å². The summed E-state index contributed by atoms with van der Waals surface area (Å²) in [5.41, 5.74) is 0.335. The van der Waals surface area contributed by atoms with Crippen molar-refractivity contribution in [3.8, 4) is 0 Å². The van der Waals surface area contributed by atoms with Gasteiger partial charge in [-0.1, -0.05) is 48.1 Å². The van der Waals surface area contributed by atoms with Crippen LogP contribution in [-0.2, 0) is 37.8 Å². The van der Waals surface area contributed by atoms with Gasteiger partial charge in [0.2, 0.25) is 0 Å². The first-order valence-electron chi connectivity index (χ1n) is 15.1. The van der Waals surface area contributed by atoms with Crippen LogP contribution in [0.15, 0.2) is 23.3 Å². The predicted molar refractivity (Wildman–Crippen MR) is 158 cm³/mol. The van der Waals surface area contributed by atoms with Crippen LogP contribution in [0.4, 0.5) is 0 Å². The first kappa shape index (κ1) is 33.2. The van der Waals surface area contributed by atoms with Crippen LogP contribution in [-0.4, -0.2) is 56.4 Å². The molecule has 0 aromatic carbocycles. The smallest absolute Gasteiger partial charge is 0.303 e. The predicted octanol–water partition coefficient (Wildman–Crippen LogP) is 6.09. The lowest BCUT2D eigenvalue weighted by Crippen LogP contribution is -2.64. The quantitative estimate of drug-likeness (QED) is 0.145. The first-order valence-corrected chi connectivity index (χ1v) is 17.6. The molecule has 41 heavy (non-hydrogen) atoms. The summed E-state index contributed by atoms with van der Waals surface area (Å²) in [6, 6.07) is 2.92. The van der Waals surface area contributed by atoms with Gasteiger partial charge in [-0.3, -0.25) is 19.2 Å². The summed E-state index contributed by atoms with van der Waals surface area (Å²) < 4.78 is 25.3. The fraction of sp³-hybridized carbons (Fsp3) is 0.750. The maximum Gasteiger partial charge on any atom is 0.303 e. The van der Waals surface area contributed by atoms with Gasteiger partial charge in [-0.15, -0.1) is 0 Å². The van der Waals surface area contributed by atoms with Gasteiger partial charge in [-0.05, 0) is 60.0 Å². The summed E-state index contributed by atoms with van der Waals surface area (Å²) in [5, 5.41) is 0. The SMILES string of the molecule is C=C1[C@@H](O[Si](CC)(CC)CC)CC[C@@]2(C)[C@@H](OC(C)=O)[C@H](OC(C)=O)C3=C(C)C(=O)C[C@@H]([C@@H](OC(C)=O)[C@H]12)C3(C)C. The zero-order valence-corrected chi connectivity index (χ0v) is 27.7. The topological polar surface area (TPSA) is 105 Å². The second-order valence-corrected chi connectivity index (χ2v) is 17.8. The Kier molecular flexibility index (Phi) is 9.85. The van der Waals surface area contributed by atoms with Crippen molar-refractivity contribution >= 4 is 32.0 Å². The minimum absolute atomic E-state index is 0.104. The van der Waals surface area contributed by atoms with Crippen LogP contribution in [0.5, 0.6) is 0 Å². The molecule has 0 aromatic rings. The maximum absolute atomic E-state index is 13.6. The Morgan fingerprint density at radius 3 is 1.95 bits per heavy atom. The van der Waals surface area contributed by atoms with Crippen molar-refractivity contribution in [3.63, 3.8) is 0 Å². The van der Waals surface area contributed by atoms with Crippen molar-refractivity contribution in [2.75, 3.05) is 0 Å². The van der Waals surface area contributed by atoms with E-state index in [0.29, 0.717) is 24.0 Å². The van der Waals surface area contributed by atoms with Crippen LogP contribution in [0.2, 0.25) is 18.1 Å². The van der Waals surface area contributed by atoms with E-state index in [1.54, 1.807) is 6.92 Å². The number of rotatable bonds is 8. The molecule has 0 saturated heterocycles. The molecule has 7 atom stereocenters. The van der Waals surface area contributed by atoms with E-state index >= 15 is 0 Å². The summed E-state index contributed by atoms with van der Waals surface area (Å²) in [7, 11) is -2.04. The molecule has 0 unspecified atom stereocenters. The van der Waals surface area contributed by atoms with Gasteiger partial charge in [-0.2, -0.15) is 0 Å². The minimum atomic E-state index is -2.04. The molecule has 8 nitrogen and oxygen atoms in total. The van der Waals surface area contributed by atoms with Crippen molar-refractivity contribution in [1.29, 1.82) is 0 Å². The highest BCUT2D eigenvalue weighted by molar-refractivity contribution is 6.73. The van der Waals surface area contributed by atoms with Crippen molar-refractivity contribution in [3.05, 3.63) is 23.3 Å². The summed E-state index contributed by atoms with van der Waals surface area (Å²) in [5.74, 6) is -2.54. The van der Waals surface area contributed by atoms with Crippen LogP contribution >= 0.6 is 0 Å². The molecular weight excluding hydrogens is 540 g/mol. The van der Waals surface area contributed by atoms with Crippen LogP contribution in [0, 0.1) is 22.7 Å². The van der Waals surface area contributed by atoms with Crippen molar-refractivity contribution < 1.29 is 37.8 Å². The molecule has 9 heteroatoms. The van der Waals surface area contributed by atoms with E-state index in [1.807, 2.05) is 20.8 Å². The molecule has 2 fully saturated rings. The molecule has 2 saturated carbocycles. The Balaban J connectivity index is 2.35. The lowest BCUT2D eigenvalue weighted by Gasteiger charge is -2.59. The largest absolute Gasteiger partial charge is 0.462 e. The van der Waals surface area contributed by atoms with Gasteiger partial charge in [0.25, 0.3) is 0 Å².